The van der Waals surface area contributed by atoms with E-state index in [1.165, 1.54) is 0 Å². The van der Waals surface area contributed by atoms with E-state index in [1.807, 2.05) is 50.2 Å². The molecule has 2 aromatic rings. The maximum absolute atomic E-state index is 12.6. The molecule has 0 radical (unpaired) electrons. The number of benzene rings is 2. The fourth-order valence-electron chi connectivity index (χ4n) is 3.44. The van der Waals surface area contributed by atoms with Crippen LogP contribution in [0.15, 0.2) is 36.4 Å². The quantitative estimate of drug-likeness (QED) is 0.764. The van der Waals surface area contributed by atoms with Gasteiger partial charge in [0.05, 0.1) is 0 Å². The maximum atomic E-state index is 12.6. The topological polar surface area (TPSA) is 49.4 Å². The van der Waals surface area contributed by atoms with Crippen molar-refractivity contribution >= 4 is 23.2 Å². The molecule has 4 heteroatoms. The lowest BCUT2D eigenvalue weighted by molar-refractivity contribution is -0.117. The monoisotopic (exact) mass is 366 g/mol. The third-order valence-electron chi connectivity index (χ3n) is 4.92. The van der Waals surface area contributed by atoms with Gasteiger partial charge in [0.2, 0.25) is 11.8 Å². The molecule has 1 N–H and O–H groups in total. The van der Waals surface area contributed by atoms with Crippen LogP contribution in [-0.4, -0.2) is 18.4 Å². The van der Waals surface area contributed by atoms with Gasteiger partial charge in [-0.2, -0.15) is 0 Å². The first-order valence-electron chi connectivity index (χ1n) is 9.63. The highest BCUT2D eigenvalue weighted by Crippen LogP contribution is 2.26. The molecule has 0 fully saturated rings. The first-order chi connectivity index (χ1) is 12.9. The minimum Gasteiger partial charge on any atom is -0.326 e. The van der Waals surface area contributed by atoms with E-state index in [1.54, 1.807) is 11.8 Å². The zero-order valence-corrected chi connectivity index (χ0v) is 17.1. The Balaban J connectivity index is 2.16. The summed E-state index contributed by atoms with van der Waals surface area (Å²) < 4.78 is 0. The second kappa shape index (κ2) is 9.36. The van der Waals surface area contributed by atoms with Gasteiger partial charge in [0.25, 0.3) is 0 Å². The van der Waals surface area contributed by atoms with Crippen molar-refractivity contribution in [3.8, 4) is 0 Å². The minimum atomic E-state index is -0.0723. The number of hydrogen-bond acceptors (Lipinski definition) is 2. The molecule has 4 nitrogen and oxygen atoms in total. The molecule has 0 atom stereocenters. The molecular formula is C23H30N2O2. The van der Waals surface area contributed by atoms with Crippen LogP contribution >= 0.6 is 0 Å². The fraction of sp³-hybridized carbons (Fsp3) is 0.391. The molecule has 0 aliphatic heterocycles. The van der Waals surface area contributed by atoms with Crippen LogP contribution in [0.5, 0.6) is 0 Å². The zero-order valence-electron chi connectivity index (χ0n) is 17.1. The van der Waals surface area contributed by atoms with Crippen molar-refractivity contribution in [3.63, 3.8) is 0 Å². The van der Waals surface area contributed by atoms with Crippen molar-refractivity contribution in [1.29, 1.82) is 0 Å². The lowest BCUT2D eigenvalue weighted by atomic mass is 10.0. The van der Waals surface area contributed by atoms with E-state index in [0.717, 1.165) is 46.5 Å². The highest BCUT2D eigenvalue weighted by molar-refractivity contribution is 5.96. The molecule has 2 rings (SSSR count). The summed E-state index contributed by atoms with van der Waals surface area (Å²) in [5.74, 6) is -0.117. The number of anilines is 2. The first-order valence-corrected chi connectivity index (χ1v) is 9.63. The molecule has 0 aliphatic carbocycles. The number of nitrogens with one attached hydrogen (secondary N) is 1. The summed E-state index contributed by atoms with van der Waals surface area (Å²) in [5, 5.41) is 3.04. The summed E-state index contributed by atoms with van der Waals surface area (Å²) in [6.45, 7) is 10.1. The lowest BCUT2D eigenvalue weighted by Crippen LogP contribution is -2.33. The van der Waals surface area contributed by atoms with E-state index in [2.05, 4.69) is 19.2 Å². The number of rotatable bonds is 7. The molecule has 0 spiro atoms. The fourth-order valence-corrected chi connectivity index (χ4v) is 3.44. The van der Waals surface area contributed by atoms with Gasteiger partial charge in [0.15, 0.2) is 0 Å². The summed E-state index contributed by atoms with van der Waals surface area (Å²) in [5.41, 5.74) is 6.18. The van der Waals surface area contributed by atoms with Crippen LogP contribution in [0.4, 0.5) is 11.4 Å². The number of nitrogens with zero attached hydrogens (tertiary/aromatic N) is 1. The second-order valence-electron chi connectivity index (χ2n) is 6.87. The van der Waals surface area contributed by atoms with Crippen LogP contribution in [0.1, 0.15) is 49.4 Å². The van der Waals surface area contributed by atoms with Gasteiger partial charge in [0, 0.05) is 31.3 Å². The van der Waals surface area contributed by atoms with Gasteiger partial charge in [0.1, 0.15) is 0 Å². The van der Waals surface area contributed by atoms with Crippen LogP contribution in [-0.2, 0) is 22.4 Å². The molecule has 0 heterocycles. The highest BCUT2D eigenvalue weighted by atomic mass is 16.2. The smallest absolute Gasteiger partial charge is 0.226 e. The molecule has 0 bridgehead atoms. The van der Waals surface area contributed by atoms with Crippen LogP contribution in [0.25, 0.3) is 0 Å². The van der Waals surface area contributed by atoms with E-state index >= 15 is 0 Å². The van der Waals surface area contributed by atoms with E-state index in [4.69, 9.17) is 0 Å². The van der Waals surface area contributed by atoms with Crippen molar-refractivity contribution in [1.82, 2.24) is 0 Å². The molecule has 0 saturated carbocycles. The largest absolute Gasteiger partial charge is 0.326 e. The summed E-state index contributed by atoms with van der Waals surface area (Å²) in [7, 11) is 0. The number of para-hydroxylation sites is 2. The molecule has 27 heavy (non-hydrogen) atoms. The summed E-state index contributed by atoms with van der Waals surface area (Å²) in [4.78, 5) is 26.6. The van der Waals surface area contributed by atoms with E-state index in [0.29, 0.717) is 6.54 Å². The predicted molar refractivity (Wildman–Crippen MR) is 112 cm³/mol. The van der Waals surface area contributed by atoms with Crippen LogP contribution in [0.2, 0.25) is 0 Å². The Labute approximate surface area is 162 Å². The third kappa shape index (κ3) is 4.97. The number of amides is 2. The Morgan fingerprint density at radius 2 is 1.52 bits per heavy atom. The number of hydrogen-bond donors (Lipinski definition) is 1. The van der Waals surface area contributed by atoms with Crippen LogP contribution in [0.3, 0.4) is 0 Å². The van der Waals surface area contributed by atoms with Gasteiger partial charge in [-0.3, -0.25) is 9.59 Å². The minimum absolute atomic E-state index is 0.0445. The number of aryl methyl sites for hydroxylation is 4. The highest BCUT2D eigenvalue weighted by Gasteiger charge is 2.18. The van der Waals surface area contributed by atoms with E-state index < -0.39 is 0 Å². The Kier molecular flexibility index (Phi) is 7.17. The van der Waals surface area contributed by atoms with Gasteiger partial charge in [-0.15, -0.1) is 0 Å². The Morgan fingerprint density at radius 1 is 0.926 bits per heavy atom. The number of carbonyl (C=O) groups excluding carboxylic acids is 2. The lowest BCUT2D eigenvalue weighted by Gasteiger charge is -2.25. The zero-order chi connectivity index (χ0) is 20.0. The van der Waals surface area contributed by atoms with E-state index in [-0.39, 0.29) is 18.2 Å². The average Bonchev–Trinajstić information content (AvgIpc) is 2.64. The summed E-state index contributed by atoms with van der Waals surface area (Å²) >= 11 is 0. The van der Waals surface area contributed by atoms with Gasteiger partial charge in [-0.1, -0.05) is 50.2 Å². The number of carbonyl (C=O) groups is 2. The summed E-state index contributed by atoms with van der Waals surface area (Å²) in [6.07, 6.45) is 1.96. The normalized spacial score (nSPS) is 10.6. The van der Waals surface area contributed by atoms with Crippen molar-refractivity contribution in [2.75, 3.05) is 16.8 Å². The Hall–Kier alpha value is -2.62. The van der Waals surface area contributed by atoms with Gasteiger partial charge < -0.3 is 10.2 Å². The van der Waals surface area contributed by atoms with Crippen molar-refractivity contribution in [2.45, 2.75) is 53.9 Å². The van der Waals surface area contributed by atoms with E-state index in [9.17, 15) is 9.59 Å². The van der Waals surface area contributed by atoms with Gasteiger partial charge in [-0.25, -0.2) is 0 Å². The first kappa shape index (κ1) is 20.7. The Morgan fingerprint density at radius 3 is 2.11 bits per heavy atom. The average molecular weight is 367 g/mol. The molecule has 0 unspecified atom stereocenters. The molecule has 2 aromatic carbocycles. The predicted octanol–water partition coefficient (Wildman–Crippen LogP) is 4.81. The van der Waals surface area contributed by atoms with Crippen molar-refractivity contribution in [2.24, 2.45) is 0 Å². The molecule has 144 valence electrons. The molecule has 0 aromatic heterocycles. The molecule has 0 aliphatic rings. The molecule has 0 saturated heterocycles. The third-order valence-corrected chi connectivity index (χ3v) is 4.92. The van der Waals surface area contributed by atoms with Crippen LogP contribution in [0, 0.1) is 13.8 Å². The van der Waals surface area contributed by atoms with Gasteiger partial charge >= 0.3 is 0 Å². The van der Waals surface area contributed by atoms with Crippen molar-refractivity contribution < 1.29 is 9.59 Å². The maximum Gasteiger partial charge on any atom is 0.226 e. The molecular weight excluding hydrogens is 336 g/mol. The van der Waals surface area contributed by atoms with Gasteiger partial charge in [-0.05, 0) is 48.9 Å². The van der Waals surface area contributed by atoms with Crippen molar-refractivity contribution in [3.05, 3.63) is 58.7 Å². The summed E-state index contributed by atoms with van der Waals surface area (Å²) in [6, 6.07) is 12.1. The Bertz CT molecular complexity index is 827. The molecule has 2 amide bonds. The standard InChI is InChI=1S/C23H30N2O2/c1-6-19-12-8-10-16(3)22(19)24-21(27)14-15-25(18(5)26)23-17(4)11-9-13-20(23)7-2/h8-13H,6-7,14-15H2,1-5H3,(H,24,27). The second-order valence-corrected chi connectivity index (χ2v) is 6.87. The SMILES string of the molecule is CCc1cccc(C)c1NC(=O)CCN(C(C)=O)c1c(C)cccc1CC. The van der Waals surface area contributed by atoms with Crippen LogP contribution < -0.4 is 10.2 Å².